The summed E-state index contributed by atoms with van der Waals surface area (Å²) in [5, 5.41) is 9.34. The summed E-state index contributed by atoms with van der Waals surface area (Å²) in [7, 11) is 0. The number of hydrogen-bond acceptors (Lipinski definition) is 6. The van der Waals surface area contributed by atoms with Crippen LogP contribution in [0.4, 0.5) is 10.1 Å². The molecule has 3 heterocycles. The number of amides is 2. The van der Waals surface area contributed by atoms with Gasteiger partial charge in [-0.1, -0.05) is 0 Å². The number of imide groups is 1. The first-order valence-corrected chi connectivity index (χ1v) is 11.2. The highest BCUT2D eigenvalue weighted by Gasteiger charge is 2.48. The number of rotatable bonds is 5. The van der Waals surface area contributed by atoms with Crippen molar-refractivity contribution in [3.05, 3.63) is 39.9 Å². The molecule has 1 saturated carbocycles. The van der Waals surface area contributed by atoms with Crippen molar-refractivity contribution >= 4 is 34.4 Å². The predicted octanol–water partition coefficient (Wildman–Crippen LogP) is 1.27. The number of aryl methyl sites for hydroxylation is 1. The van der Waals surface area contributed by atoms with Crippen molar-refractivity contribution in [2.45, 2.75) is 44.8 Å². The van der Waals surface area contributed by atoms with E-state index >= 15 is 4.39 Å². The number of carboxylic acid groups (broad SMARTS) is 1. The van der Waals surface area contributed by atoms with Crippen molar-refractivity contribution < 1.29 is 23.9 Å². The zero-order valence-electron chi connectivity index (χ0n) is 18.3. The molecule has 1 aromatic carbocycles. The second-order valence-corrected chi connectivity index (χ2v) is 8.86. The minimum absolute atomic E-state index is 0.0341. The fraction of sp³-hybridized carbons (Fsp3) is 0.478. The number of pyridine rings is 1. The number of likely N-dealkylation sites (tertiary alicyclic amines) is 1. The summed E-state index contributed by atoms with van der Waals surface area (Å²) in [4.78, 5) is 54.3. The molecule has 33 heavy (non-hydrogen) atoms. The highest BCUT2D eigenvalue weighted by Crippen LogP contribution is 2.33. The number of nitrogens with zero attached hydrogens (tertiary/aromatic N) is 4. The first kappa shape index (κ1) is 21.6. The molecule has 1 N–H and O–H groups in total. The van der Waals surface area contributed by atoms with Crippen molar-refractivity contribution in [1.29, 1.82) is 0 Å². The van der Waals surface area contributed by atoms with E-state index in [0.29, 0.717) is 43.9 Å². The van der Waals surface area contributed by atoms with Gasteiger partial charge >= 0.3 is 5.97 Å². The molecule has 0 radical (unpaired) electrons. The van der Waals surface area contributed by atoms with E-state index in [9.17, 15) is 24.3 Å². The Balaban J connectivity index is 1.38. The molecular formula is C23H25FN4O5. The molecule has 0 spiro atoms. The summed E-state index contributed by atoms with van der Waals surface area (Å²) < 4.78 is 16.7. The maximum Gasteiger partial charge on any atom is 0.341 e. The van der Waals surface area contributed by atoms with Gasteiger partial charge in [0.25, 0.3) is 0 Å². The molecule has 0 unspecified atom stereocenters. The van der Waals surface area contributed by atoms with Gasteiger partial charge in [0, 0.05) is 50.3 Å². The molecule has 1 aromatic heterocycles. The van der Waals surface area contributed by atoms with Crippen LogP contribution in [0.15, 0.2) is 23.1 Å². The minimum Gasteiger partial charge on any atom is -0.477 e. The fourth-order valence-corrected chi connectivity index (χ4v) is 4.97. The third kappa shape index (κ3) is 3.58. The van der Waals surface area contributed by atoms with E-state index in [1.165, 1.54) is 11.1 Å². The molecule has 174 valence electrons. The lowest BCUT2D eigenvalue weighted by atomic mass is 10.1. The maximum absolute atomic E-state index is 15.1. The highest BCUT2D eigenvalue weighted by atomic mass is 19.1. The van der Waals surface area contributed by atoms with Crippen LogP contribution in [0.3, 0.4) is 0 Å². The standard InChI is InChI=1S/C23H25FN4O5/c1-2-25-12-15(23(32)33)21(30)14-9-16(24)18(10-17(14)25)26-5-7-27(8-6-26)19-11-20(29)28(22(19)31)13-3-4-13/h9-10,12-13,19H,2-8,11H2,1H3,(H,32,33)/t19-/m1/s1. The summed E-state index contributed by atoms with van der Waals surface area (Å²) in [5.74, 6) is -2.15. The average molecular weight is 456 g/mol. The Kier molecular flexibility index (Phi) is 5.19. The summed E-state index contributed by atoms with van der Waals surface area (Å²) in [6.07, 6.45) is 3.27. The molecule has 3 fully saturated rings. The maximum atomic E-state index is 15.1. The Morgan fingerprint density at radius 1 is 1.12 bits per heavy atom. The quantitative estimate of drug-likeness (QED) is 0.676. The number of aromatic nitrogens is 1. The van der Waals surface area contributed by atoms with Gasteiger partial charge in [-0.05, 0) is 31.9 Å². The summed E-state index contributed by atoms with van der Waals surface area (Å²) in [6, 6.07) is 2.34. The van der Waals surface area contributed by atoms with E-state index in [-0.39, 0.29) is 35.2 Å². The van der Waals surface area contributed by atoms with Crippen molar-refractivity contribution in [2.24, 2.45) is 0 Å². The van der Waals surface area contributed by atoms with Gasteiger partial charge in [-0.25, -0.2) is 9.18 Å². The van der Waals surface area contributed by atoms with E-state index in [0.717, 1.165) is 18.9 Å². The van der Waals surface area contributed by atoms with Gasteiger partial charge in [-0.2, -0.15) is 0 Å². The van der Waals surface area contributed by atoms with Gasteiger partial charge in [0.05, 0.1) is 23.7 Å². The van der Waals surface area contributed by atoms with Gasteiger partial charge in [0.1, 0.15) is 11.4 Å². The Morgan fingerprint density at radius 3 is 2.42 bits per heavy atom. The molecule has 2 aliphatic heterocycles. The first-order chi connectivity index (χ1) is 15.8. The van der Waals surface area contributed by atoms with Crippen molar-refractivity contribution in [3.63, 3.8) is 0 Å². The van der Waals surface area contributed by atoms with Gasteiger partial charge < -0.3 is 14.6 Å². The number of carbonyl (C=O) groups is 3. The van der Waals surface area contributed by atoms with E-state index in [2.05, 4.69) is 0 Å². The number of piperazine rings is 1. The van der Waals surface area contributed by atoms with Crippen LogP contribution >= 0.6 is 0 Å². The van der Waals surface area contributed by atoms with Crippen LogP contribution < -0.4 is 10.3 Å². The van der Waals surface area contributed by atoms with Gasteiger partial charge in [-0.15, -0.1) is 0 Å². The predicted molar refractivity (Wildman–Crippen MR) is 118 cm³/mol. The number of fused-ring (bicyclic) bond motifs is 1. The smallest absolute Gasteiger partial charge is 0.341 e. The number of benzene rings is 1. The van der Waals surface area contributed by atoms with Gasteiger partial charge in [-0.3, -0.25) is 24.2 Å². The van der Waals surface area contributed by atoms with Crippen molar-refractivity contribution in [3.8, 4) is 0 Å². The molecule has 5 rings (SSSR count). The molecule has 9 nitrogen and oxygen atoms in total. The minimum atomic E-state index is -1.34. The van der Waals surface area contributed by atoms with Crippen LogP contribution in [-0.4, -0.2) is 75.5 Å². The van der Waals surface area contributed by atoms with Crippen molar-refractivity contribution in [1.82, 2.24) is 14.4 Å². The zero-order valence-corrected chi connectivity index (χ0v) is 18.3. The lowest BCUT2D eigenvalue weighted by molar-refractivity contribution is -0.140. The van der Waals surface area contributed by atoms with Crippen LogP contribution in [-0.2, 0) is 16.1 Å². The molecule has 3 aliphatic rings. The van der Waals surface area contributed by atoms with E-state index in [1.807, 2.05) is 16.7 Å². The van der Waals surface area contributed by atoms with Gasteiger partial charge in [0.15, 0.2) is 0 Å². The molecule has 0 bridgehead atoms. The summed E-state index contributed by atoms with van der Waals surface area (Å²) >= 11 is 0. The summed E-state index contributed by atoms with van der Waals surface area (Å²) in [6.45, 7) is 4.20. The van der Waals surface area contributed by atoms with E-state index < -0.39 is 23.3 Å². The van der Waals surface area contributed by atoms with Gasteiger partial charge in [0.2, 0.25) is 17.2 Å². The summed E-state index contributed by atoms with van der Waals surface area (Å²) in [5.41, 5.74) is -0.286. The molecular weight excluding hydrogens is 431 g/mol. The van der Waals surface area contributed by atoms with Crippen molar-refractivity contribution in [2.75, 3.05) is 31.1 Å². The number of aromatic carboxylic acids is 1. The fourth-order valence-electron chi connectivity index (χ4n) is 4.97. The monoisotopic (exact) mass is 456 g/mol. The van der Waals surface area contributed by atoms with Crippen LogP contribution in [0.2, 0.25) is 0 Å². The first-order valence-electron chi connectivity index (χ1n) is 11.2. The zero-order chi connectivity index (χ0) is 23.4. The van der Waals surface area contributed by atoms with E-state index in [4.69, 9.17) is 0 Å². The number of hydrogen-bond donors (Lipinski definition) is 1. The largest absolute Gasteiger partial charge is 0.477 e. The topological polar surface area (TPSA) is 103 Å². The Morgan fingerprint density at radius 2 is 1.82 bits per heavy atom. The third-order valence-corrected chi connectivity index (χ3v) is 6.89. The molecule has 1 aliphatic carbocycles. The van der Waals surface area contributed by atoms with Crippen LogP contribution in [0, 0.1) is 5.82 Å². The number of carboxylic acids is 1. The van der Waals surface area contributed by atoms with Crippen LogP contribution in [0.5, 0.6) is 0 Å². The molecule has 10 heteroatoms. The average Bonchev–Trinajstić information content (AvgIpc) is 3.58. The molecule has 2 saturated heterocycles. The van der Waals surface area contributed by atoms with Crippen LogP contribution in [0.25, 0.3) is 10.9 Å². The number of anilines is 1. The number of halogens is 1. The Hall–Kier alpha value is -3.27. The molecule has 2 aromatic rings. The molecule has 2 amide bonds. The lowest BCUT2D eigenvalue weighted by Crippen LogP contribution is -2.53. The lowest BCUT2D eigenvalue weighted by Gasteiger charge is -2.38. The highest BCUT2D eigenvalue weighted by molar-refractivity contribution is 6.06. The second-order valence-electron chi connectivity index (χ2n) is 8.86. The second kappa shape index (κ2) is 7.95. The Labute approximate surface area is 189 Å². The Bertz CT molecular complexity index is 1230. The normalized spacial score (nSPS) is 21.9. The van der Waals surface area contributed by atoms with Crippen LogP contribution in [0.1, 0.15) is 36.5 Å². The SMILES string of the molecule is CCn1cc(C(=O)O)c(=O)c2cc(F)c(N3CCN([C@@H]4CC(=O)N(C5CC5)C4=O)CC3)cc21. The number of carbonyl (C=O) groups excluding carboxylic acids is 2. The van der Waals surface area contributed by atoms with E-state index in [1.54, 1.807) is 10.6 Å². The molecule has 1 atom stereocenters. The third-order valence-electron chi connectivity index (χ3n) is 6.89.